The first-order chi connectivity index (χ1) is 9.96. The van der Waals surface area contributed by atoms with Gasteiger partial charge in [-0.2, -0.15) is 0 Å². The normalized spacial score (nSPS) is 24.0. The number of hydrogen-bond donors (Lipinski definition) is 1. The van der Waals surface area contributed by atoms with E-state index >= 15 is 0 Å². The minimum absolute atomic E-state index is 0.0845. The maximum atomic E-state index is 12.0. The number of nitrogens with zero attached hydrogens (tertiary/aromatic N) is 1. The highest BCUT2D eigenvalue weighted by Gasteiger charge is 2.45. The van der Waals surface area contributed by atoms with Crippen molar-refractivity contribution in [3.05, 3.63) is 0 Å². The van der Waals surface area contributed by atoms with Crippen molar-refractivity contribution in [3.8, 4) is 0 Å². The molecule has 0 bridgehead atoms. The molecule has 1 saturated carbocycles. The van der Waals surface area contributed by atoms with Crippen LogP contribution in [-0.4, -0.2) is 36.5 Å². The van der Waals surface area contributed by atoms with Crippen LogP contribution in [-0.2, 0) is 4.79 Å². The van der Waals surface area contributed by atoms with E-state index in [9.17, 15) is 4.79 Å². The molecule has 0 radical (unpaired) electrons. The number of amides is 1. The highest BCUT2D eigenvalue weighted by molar-refractivity contribution is 5.78. The van der Waals surface area contributed by atoms with Gasteiger partial charge in [-0.05, 0) is 50.0 Å². The predicted molar refractivity (Wildman–Crippen MR) is 88.2 cm³/mol. The number of nitrogens with one attached hydrogen (secondary N) is 1. The Hall–Kier alpha value is -0.570. The summed E-state index contributed by atoms with van der Waals surface area (Å²) in [5, 5.41) is 3.28. The molecule has 3 nitrogen and oxygen atoms in total. The first-order valence-corrected chi connectivity index (χ1v) is 8.98. The second-order valence-electron chi connectivity index (χ2n) is 7.82. The summed E-state index contributed by atoms with van der Waals surface area (Å²) in [6, 6.07) is 0.335. The van der Waals surface area contributed by atoms with E-state index in [1.165, 1.54) is 38.8 Å². The monoisotopic (exact) mass is 294 g/mol. The van der Waals surface area contributed by atoms with Crippen LogP contribution in [0, 0.1) is 17.3 Å². The number of rotatable bonds is 7. The average molecular weight is 294 g/mol. The molecule has 1 aliphatic carbocycles. The van der Waals surface area contributed by atoms with Gasteiger partial charge in [-0.1, -0.05) is 34.1 Å². The van der Waals surface area contributed by atoms with Crippen LogP contribution >= 0.6 is 0 Å². The van der Waals surface area contributed by atoms with Crippen molar-refractivity contribution in [2.75, 3.05) is 19.6 Å². The Kier molecular flexibility index (Phi) is 5.70. The first-order valence-electron chi connectivity index (χ1n) is 8.98. The quantitative estimate of drug-likeness (QED) is 0.780. The summed E-state index contributed by atoms with van der Waals surface area (Å²) >= 11 is 0. The molecule has 1 aliphatic heterocycles. The summed E-state index contributed by atoms with van der Waals surface area (Å²) < 4.78 is 0. The molecule has 0 aromatic heterocycles. The molecule has 1 unspecified atom stereocenters. The molecule has 2 atom stereocenters. The molecular weight excluding hydrogens is 260 g/mol. The molecule has 1 saturated heterocycles. The van der Waals surface area contributed by atoms with E-state index in [-0.39, 0.29) is 11.8 Å². The van der Waals surface area contributed by atoms with Gasteiger partial charge in [0.05, 0.1) is 0 Å². The summed E-state index contributed by atoms with van der Waals surface area (Å²) in [5.74, 6) is 0.853. The SMILES string of the molecule is CCC(C)[C@H](CCN1CCCC2(CC2)C1)NC(=O)C(C)C. The van der Waals surface area contributed by atoms with E-state index < -0.39 is 0 Å². The third kappa shape index (κ3) is 4.70. The molecule has 0 aromatic rings. The van der Waals surface area contributed by atoms with Gasteiger partial charge >= 0.3 is 0 Å². The number of hydrogen-bond acceptors (Lipinski definition) is 2. The molecule has 21 heavy (non-hydrogen) atoms. The zero-order valence-corrected chi connectivity index (χ0v) is 14.5. The molecule has 2 fully saturated rings. The molecule has 2 rings (SSSR count). The molecule has 0 aromatic carbocycles. The summed E-state index contributed by atoms with van der Waals surface area (Å²) in [6.07, 6.45) is 7.94. The van der Waals surface area contributed by atoms with Gasteiger partial charge in [-0.25, -0.2) is 0 Å². The van der Waals surface area contributed by atoms with Gasteiger partial charge in [0.15, 0.2) is 0 Å². The topological polar surface area (TPSA) is 32.3 Å². The fraction of sp³-hybridized carbons (Fsp3) is 0.944. The van der Waals surface area contributed by atoms with E-state index in [0.29, 0.717) is 17.4 Å². The maximum Gasteiger partial charge on any atom is 0.222 e. The highest BCUT2D eigenvalue weighted by Crippen LogP contribution is 2.51. The zero-order chi connectivity index (χ0) is 15.5. The van der Waals surface area contributed by atoms with E-state index in [2.05, 4.69) is 24.1 Å². The Morgan fingerprint density at radius 3 is 2.52 bits per heavy atom. The van der Waals surface area contributed by atoms with Gasteiger partial charge in [-0.3, -0.25) is 4.79 Å². The van der Waals surface area contributed by atoms with Gasteiger partial charge in [0, 0.05) is 25.0 Å². The summed E-state index contributed by atoms with van der Waals surface area (Å²) in [6.45, 7) is 12.2. The summed E-state index contributed by atoms with van der Waals surface area (Å²) in [7, 11) is 0. The van der Waals surface area contributed by atoms with Crippen molar-refractivity contribution in [3.63, 3.8) is 0 Å². The Morgan fingerprint density at radius 1 is 1.24 bits per heavy atom. The van der Waals surface area contributed by atoms with Crippen LogP contribution < -0.4 is 5.32 Å². The van der Waals surface area contributed by atoms with Gasteiger partial charge < -0.3 is 10.2 Å². The van der Waals surface area contributed by atoms with Gasteiger partial charge in [0.25, 0.3) is 0 Å². The highest BCUT2D eigenvalue weighted by atomic mass is 16.1. The lowest BCUT2D eigenvalue weighted by Gasteiger charge is -2.35. The Morgan fingerprint density at radius 2 is 1.95 bits per heavy atom. The molecule has 1 amide bonds. The first kappa shape index (κ1) is 16.8. The Balaban J connectivity index is 1.81. The fourth-order valence-corrected chi connectivity index (χ4v) is 3.54. The van der Waals surface area contributed by atoms with Gasteiger partial charge in [-0.15, -0.1) is 0 Å². The molecular formula is C18H34N2O. The van der Waals surface area contributed by atoms with Crippen molar-refractivity contribution >= 4 is 5.91 Å². The smallest absolute Gasteiger partial charge is 0.222 e. The lowest BCUT2D eigenvalue weighted by molar-refractivity contribution is -0.125. The van der Waals surface area contributed by atoms with Crippen molar-refractivity contribution in [2.24, 2.45) is 17.3 Å². The van der Waals surface area contributed by atoms with E-state index in [0.717, 1.165) is 19.4 Å². The van der Waals surface area contributed by atoms with Gasteiger partial charge in [0.2, 0.25) is 5.91 Å². The maximum absolute atomic E-state index is 12.0. The van der Waals surface area contributed by atoms with Crippen LogP contribution in [0.15, 0.2) is 0 Å². The average Bonchev–Trinajstić information content (AvgIpc) is 3.21. The molecule has 1 spiro atoms. The fourth-order valence-electron chi connectivity index (χ4n) is 3.54. The molecule has 1 heterocycles. The largest absolute Gasteiger partial charge is 0.353 e. The van der Waals surface area contributed by atoms with Crippen LogP contribution in [0.2, 0.25) is 0 Å². The third-order valence-corrected chi connectivity index (χ3v) is 5.64. The third-order valence-electron chi connectivity index (χ3n) is 5.64. The lowest BCUT2D eigenvalue weighted by Crippen LogP contribution is -2.45. The molecule has 3 heteroatoms. The van der Waals surface area contributed by atoms with Crippen LogP contribution in [0.25, 0.3) is 0 Å². The number of piperidine rings is 1. The molecule has 1 N–H and O–H groups in total. The lowest BCUT2D eigenvalue weighted by atomic mass is 9.92. The Labute approximate surface area is 130 Å². The second kappa shape index (κ2) is 7.13. The van der Waals surface area contributed by atoms with Crippen LogP contribution in [0.4, 0.5) is 0 Å². The Bertz CT molecular complexity index is 349. The van der Waals surface area contributed by atoms with E-state index in [1.54, 1.807) is 0 Å². The minimum atomic E-state index is 0.0845. The number of carbonyl (C=O) groups excluding carboxylic acids is 1. The standard InChI is InChI=1S/C18H34N2O/c1-5-15(4)16(19-17(21)14(2)3)7-12-20-11-6-8-18(13-20)9-10-18/h14-16H,5-13H2,1-4H3,(H,19,21)/t15?,16-/m0/s1. The number of likely N-dealkylation sites (tertiary alicyclic amines) is 1. The van der Waals surface area contributed by atoms with E-state index in [4.69, 9.17) is 0 Å². The van der Waals surface area contributed by atoms with Gasteiger partial charge in [0.1, 0.15) is 0 Å². The van der Waals surface area contributed by atoms with E-state index in [1.807, 2.05) is 13.8 Å². The molecule has 122 valence electrons. The zero-order valence-electron chi connectivity index (χ0n) is 14.5. The van der Waals surface area contributed by atoms with Crippen LogP contribution in [0.5, 0.6) is 0 Å². The van der Waals surface area contributed by atoms with Crippen molar-refractivity contribution in [2.45, 2.75) is 72.3 Å². The minimum Gasteiger partial charge on any atom is -0.353 e. The van der Waals surface area contributed by atoms with Crippen molar-refractivity contribution < 1.29 is 4.79 Å². The van der Waals surface area contributed by atoms with Crippen molar-refractivity contribution in [1.29, 1.82) is 0 Å². The molecule has 2 aliphatic rings. The predicted octanol–water partition coefficient (Wildman–Crippen LogP) is 3.44. The van der Waals surface area contributed by atoms with Crippen molar-refractivity contribution in [1.82, 2.24) is 10.2 Å². The second-order valence-corrected chi connectivity index (χ2v) is 7.82. The summed E-state index contributed by atoms with van der Waals surface area (Å²) in [4.78, 5) is 14.7. The van der Waals surface area contributed by atoms with Crippen LogP contribution in [0.1, 0.15) is 66.2 Å². The summed E-state index contributed by atoms with van der Waals surface area (Å²) in [5.41, 5.74) is 0.700. The number of carbonyl (C=O) groups is 1. The van der Waals surface area contributed by atoms with Crippen LogP contribution in [0.3, 0.4) is 0 Å².